The first kappa shape index (κ1) is 14.8. The Hall–Kier alpha value is -1.22. The number of benzene rings is 1. The van der Waals surface area contributed by atoms with Crippen LogP contribution in [0.25, 0.3) is 0 Å². The van der Waals surface area contributed by atoms with E-state index in [1.54, 1.807) is 31.1 Å². The van der Waals surface area contributed by atoms with E-state index in [-0.39, 0.29) is 5.91 Å². The molecule has 0 saturated heterocycles. The summed E-state index contributed by atoms with van der Waals surface area (Å²) < 4.78 is 0. The molecule has 0 saturated carbocycles. The molecule has 0 aliphatic rings. The fraction of sp³-hybridized carbons (Fsp3) is 0.500. The number of nitrogens with zero attached hydrogens (tertiary/aromatic N) is 1. The van der Waals surface area contributed by atoms with Crippen LogP contribution in [-0.2, 0) is 0 Å². The first-order valence-electron chi connectivity index (χ1n) is 6.27. The van der Waals surface area contributed by atoms with Gasteiger partial charge in [-0.15, -0.1) is 0 Å². The van der Waals surface area contributed by atoms with Crippen molar-refractivity contribution in [3.63, 3.8) is 0 Å². The predicted octanol–water partition coefficient (Wildman–Crippen LogP) is 3.64. The third-order valence-corrected chi connectivity index (χ3v) is 3.29. The van der Waals surface area contributed by atoms with Gasteiger partial charge < -0.3 is 10.2 Å². The number of nitrogens with one attached hydrogen (secondary N) is 1. The Morgan fingerprint density at radius 1 is 1.33 bits per heavy atom. The van der Waals surface area contributed by atoms with Crippen molar-refractivity contribution in [1.29, 1.82) is 0 Å². The average Bonchev–Trinajstić information content (AvgIpc) is 2.36. The minimum absolute atomic E-state index is 0.0146. The van der Waals surface area contributed by atoms with Crippen LogP contribution >= 0.6 is 11.6 Å². The highest BCUT2D eigenvalue weighted by atomic mass is 35.5. The molecule has 0 atom stereocenters. The standard InChI is InChI=1S/C14H21ClN2O/c1-5-11(6-2)16-13-9-10(7-8-12(13)15)14(18)17(3)4/h7-9,11,16H,5-6H2,1-4H3. The van der Waals surface area contributed by atoms with E-state index in [1.165, 1.54) is 0 Å². The summed E-state index contributed by atoms with van der Waals surface area (Å²) in [5, 5.41) is 4.03. The second-order valence-electron chi connectivity index (χ2n) is 4.55. The van der Waals surface area contributed by atoms with Crippen LogP contribution in [0.2, 0.25) is 5.02 Å². The zero-order chi connectivity index (χ0) is 13.7. The van der Waals surface area contributed by atoms with Gasteiger partial charge in [0.05, 0.1) is 10.7 Å². The summed E-state index contributed by atoms with van der Waals surface area (Å²) in [4.78, 5) is 13.4. The van der Waals surface area contributed by atoms with Gasteiger partial charge in [0.2, 0.25) is 0 Å². The third-order valence-electron chi connectivity index (χ3n) is 2.96. The second kappa shape index (κ2) is 6.64. The van der Waals surface area contributed by atoms with Crippen molar-refractivity contribution in [3.8, 4) is 0 Å². The van der Waals surface area contributed by atoms with Gasteiger partial charge in [-0.3, -0.25) is 4.79 Å². The van der Waals surface area contributed by atoms with Crippen LogP contribution in [0.3, 0.4) is 0 Å². The van der Waals surface area contributed by atoms with E-state index in [4.69, 9.17) is 11.6 Å². The number of rotatable bonds is 5. The zero-order valence-corrected chi connectivity index (χ0v) is 12.2. The number of carbonyl (C=O) groups is 1. The zero-order valence-electron chi connectivity index (χ0n) is 11.5. The van der Waals surface area contributed by atoms with Gasteiger partial charge in [0.25, 0.3) is 5.91 Å². The molecular formula is C14H21ClN2O. The van der Waals surface area contributed by atoms with Gasteiger partial charge in [-0.1, -0.05) is 25.4 Å². The Bertz CT molecular complexity index is 414. The van der Waals surface area contributed by atoms with Crippen LogP contribution in [0.15, 0.2) is 18.2 Å². The van der Waals surface area contributed by atoms with Crippen molar-refractivity contribution in [2.24, 2.45) is 0 Å². The number of halogens is 1. The highest BCUT2D eigenvalue weighted by Gasteiger charge is 2.12. The first-order chi connectivity index (χ1) is 8.49. The van der Waals surface area contributed by atoms with Gasteiger partial charge in [0.15, 0.2) is 0 Å². The van der Waals surface area contributed by atoms with Gasteiger partial charge >= 0.3 is 0 Å². The van der Waals surface area contributed by atoms with Crippen LogP contribution in [0.1, 0.15) is 37.0 Å². The maximum absolute atomic E-state index is 11.9. The first-order valence-corrected chi connectivity index (χ1v) is 6.65. The minimum Gasteiger partial charge on any atom is -0.381 e. The summed E-state index contributed by atoms with van der Waals surface area (Å²) >= 11 is 6.15. The number of hydrogen-bond acceptors (Lipinski definition) is 2. The molecule has 0 radical (unpaired) electrons. The lowest BCUT2D eigenvalue weighted by molar-refractivity contribution is 0.0827. The highest BCUT2D eigenvalue weighted by molar-refractivity contribution is 6.33. The van der Waals surface area contributed by atoms with Gasteiger partial charge in [-0.25, -0.2) is 0 Å². The summed E-state index contributed by atoms with van der Waals surface area (Å²) in [5.74, 6) is -0.0146. The van der Waals surface area contributed by atoms with Crippen LogP contribution in [0.4, 0.5) is 5.69 Å². The molecule has 0 aliphatic heterocycles. The van der Waals surface area contributed by atoms with Crippen LogP contribution < -0.4 is 5.32 Å². The Kier molecular flexibility index (Phi) is 5.48. The molecule has 0 aliphatic carbocycles. The summed E-state index contributed by atoms with van der Waals surface area (Å²) in [6.07, 6.45) is 2.05. The Morgan fingerprint density at radius 2 is 1.94 bits per heavy atom. The Labute approximate surface area is 114 Å². The molecule has 1 rings (SSSR count). The van der Waals surface area contributed by atoms with Gasteiger partial charge in [0.1, 0.15) is 0 Å². The van der Waals surface area contributed by atoms with Crippen molar-refractivity contribution >= 4 is 23.2 Å². The molecule has 100 valence electrons. The van der Waals surface area contributed by atoms with Crippen LogP contribution in [0, 0.1) is 0 Å². The summed E-state index contributed by atoms with van der Waals surface area (Å²) in [6, 6.07) is 5.72. The van der Waals surface area contributed by atoms with Crippen molar-refractivity contribution in [2.75, 3.05) is 19.4 Å². The van der Waals surface area contributed by atoms with E-state index < -0.39 is 0 Å². The smallest absolute Gasteiger partial charge is 0.253 e. The maximum Gasteiger partial charge on any atom is 0.253 e. The molecule has 3 nitrogen and oxygen atoms in total. The van der Waals surface area contributed by atoms with E-state index in [0.717, 1.165) is 18.5 Å². The largest absolute Gasteiger partial charge is 0.381 e. The monoisotopic (exact) mass is 268 g/mol. The quantitative estimate of drug-likeness (QED) is 0.884. The minimum atomic E-state index is -0.0146. The SMILES string of the molecule is CCC(CC)Nc1cc(C(=O)N(C)C)ccc1Cl. The topological polar surface area (TPSA) is 32.3 Å². The van der Waals surface area contributed by atoms with E-state index in [9.17, 15) is 4.79 Å². The maximum atomic E-state index is 11.9. The molecule has 0 bridgehead atoms. The molecule has 0 heterocycles. The Balaban J connectivity index is 2.97. The summed E-state index contributed by atoms with van der Waals surface area (Å²) in [7, 11) is 3.48. The van der Waals surface area contributed by atoms with Crippen molar-refractivity contribution < 1.29 is 4.79 Å². The third kappa shape index (κ3) is 3.64. The molecule has 0 fully saturated rings. The van der Waals surface area contributed by atoms with Gasteiger partial charge in [0, 0.05) is 25.7 Å². The summed E-state index contributed by atoms with van der Waals surface area (Å²) in [6.45, 7) is 4.26. The Morgan fingerprint density at radius 3 is 2.44 bits per heavy atom. The lowest BCUT2D eigenvalue weighted by Crippen LogP contribution is -2.22. The average molecular weight is 269 g/mol. The van der Waals surface area contributed by atoms with E-state index in [1.807, 2.05) is 6.07 Å². The fourth-order valence-electron chi connectivity index (χ4n) is 1.74. The number of anilines is 1. The van der Waals surface area contributed by atoms with Crippen LogP contribution in [-0.4, -0.2) is 30.9 Å². The van der Waals surface area contributed by atoms with E-state index in [2.05, 4.69) is 19.2 Å². The second-order valence-corrected chi connectivity index (χ2v) is 4.96. The van der Waals surface area contributed by atoms with Crippen molar-refractivity contribution in [1.82, 2.24) is 4.90 Å². The normalized spacial score (nSPS) is 10.6. The molecule has 1 N–H and O–H groups in total. The number of hydrogen-bond donors (Lipinski definition) is 1. The van der Waals surface area contributed by atoms with Crippen LogP contribution in [0.5, 0.6) is 0 Å². The molecule has 4 heteroatoms. The van der Waals surface area contributed by atoms with Crippen molar-refractivity contribution in [3.05, 3.63) is 28.8 Å². The number of carbonyl (C=O) groups excluding carboxylic acids is 1. The lowest BCUT2D eigenvalue weighted by atomic mass is 10.1. The number of amides is 1. The van der Waals surface area contributed by atoms with E-state index >= 15 is 0 Å². The molecule has 0 unspecified atom stereocenters. The van der Waals surface area contributed by atoms with Gasteiger partial charge in [-0.05, 0) is 31.0 Å². The highest BCUT2D eigenvalue weighted by Crippen LogP contribution is 2.25. The molecule has 1 amide bonds. The van der Waals surface area contributed by atoms with Gasteiger partial charge in [-0.2, -0.15) is 0 Å². The molecule has 1 aromatic carbocycles. The fourth-order valence-corrected chi connectivity index (χ4v) is 1.91. The molecule has 18 heavy (non-hydrogen) atoms. The molecule has 0 spiro atoms. The van der Waals surface area contributed by atoms with Crippen molar-refractivity contribution in [2.45, 2.75) is 32.7 Å². The lowest BCUT2D eigenvalue weighted by Gasteiger charge is -2.18. The van der Waals surface area contributed by atoms with E-state index in [0.29, 0.717) is 16.6 Å². The predicted molar refractivity (Wildman–Crippen MR) is 77.5 cm³/mol. The molecule has 0 aromatic heterocycles. The molecule has 1 aromatic rings. The molecular weight excluding hydrogens is 248 g/mol. The summed E-state index contributed by atoms with van der Waals surface area (Å²) in [5.41, 5.74) is 1.48.